The molecule has 0 heterocycles. The van der Waals surface area contributed by atoms with E-state index in [9.17, 15) is 4.79 Å². The van der Waals surface area contributed by atoms with Crippen LogP contribution in [0.3, 0.4) is 0 Å². The highest BCUT2D eigenvalue weighted by molar-refractivity contribution is 5.76. The third-order valence-corrected chi connectivity index (χ3v) is 3.15. The van der Waals surface area contributed by atoms with Gasteiger partial charge in [-0.1, -0.05) is 37.3 Å². The van der Waals surface area contributed by atoms with Gasteiger partial charge in [0, 0.05) is 13.0 Å². The molecule has 0 aliphatic rings. The number of unbranched alkanes of at least 4 members (excludes halogenated alkanes) is 1. The molecule has 0 aliphatic heterocycles. The molecule has 1 aromatic rings. The second-order valence-electron chi connectivity index (χ2n) is 4.57. The molecule has 18 heavy (non-hydrogen) atoms. The smallest absolute Gasteiger partial charge is 0.220 e. The average Bonchev–Trinajstić information content (AvgIpc) is 2.42. The highest BCUT2D eigenvalue weighted by Crippen LogP contribution is 2.22. The van der Waals surface area contributed by atoms with Gasteiger partial charge in [0.15, 0.2) is 0 Å². The third kappa shape index (κ3) is 5.32. The molecule has 3 nitrogen and oxygen atoms in total. The fraction of sp³-hybridized carbons (Fsp3) is 0.533. The van der Waals surface area contributed by atoms with Crippen LogP contribution in [0.15, 0.2) is 30.3 Å². The first kappa shape index (κ1) is 14.7. The standard InChI is InChI=1S/C15H24N2O/c1-2-13(14-8-4-3-5-9-14)12-15(18)17-11-7-6-10-16/h3-5,8-9,13H,2,6-7,10-12,16H2,1H3,(H,17,18). The lowest BCUT2D eigenvalue weighted by Gasteiger charge is -2.15. The molecule has 1 rings (SSSR count). The van der Waals surface area contributed by atoms with E-state index in [2.05, 4.69) is 24.4 Å². The SMILES string of the molecule is CCC(CC(=O)NCCCCN)c1ccccc1. The summed E-state index contributed by atoms with van der Waals surface area (Å²) in [5, 5.41) is 2.96. The van der Waals surface area contributed by atoms with E-state index in [4.69, 9.17) is 5.73 Å². The van der Waals surface area contributed by atoms with Crippen molar-refractivity contribution in [2.75, 3.05) is 13.1 Å². The fourth-order valence-corrected chi connectivity index (χ4v) is 2.02. The van der Waals surface area contributed by atoms with Gasteiger partial charge in [0.1, 0.15) is 0 Å². The van der Waals surface area contributed by atoms with Gasteiger partial charge in [-0.2, -0.15) is 0 Å². The molecule has 3 heteroatoms. The van der Waals surface area contributed by atoms with E-state index in [0.29, 0.717) is 18.9 Å². The first-order valence-electron chi connectivity index (χ1n) is 6.79. The Morgan fingerprint density at radius 2 is 2.00 bits per heavy atom. The molecule has 0 fully saturated rings. The van der Waals surface area contributed by atoms with Crippen LogP contribution in [0.1, 0.15) is 44.1 Å². The lowest BCUT2D eigenvalue weighted by molar-refractivity contribution is -0.121. The van der Waals surface area contributed by atoms with Crippen molar-refractivity contribution in [1.29, 1.82) is 0 Å². The molecule has 0 spiro atoms. The number of hydrogen-bond donors (Lipinski definition) is 2. The zero-order valence-electron chi connectivity index (χ0n) is 11.2. The number of nitrogens with two attached hydrogens (primary N) is 1. The Bertz CT molecular complexity index is 338. The normalized spacial score (nSPS) is 12.1. The topological polar surface area (TPSA) is 55.1 Å². The van der Waals surface area contributed by atoms with E-state index in [1.807, 2.05) is 18.2 Å². The van der Waals surface area contributed by atoms with Crippen molar-refractivity contribution in [3.8, 4) is 0 Å². The Morgan fingerprint density at radius 3 is 2.61 bits per heavy atom. The lowest BCUT2D eigenvalue weighted by atomic mass is 9.93. The zero-order chi connectivity index (χ0) is 13.2. The first-order valence-corrected chi connectivity index (χ1v) is 6.79. The lowest BCUT2D eigenvalue weighted by Crippen LogP contribution is -2.26. The summed E-state index contributed by atoms with van der Waals surface area (Å²) in [6.45, 7) is 3.55. The summed E-state index contributed by atoms with van der Waals surface area (Å²) >= 11 is 0. The van der Waals surface area contributed by atoms with Gasteiger partial charge in [-0.25, -0.2) is 0 Å². The third-order valence-electron chi connectivity index (χ3n) is 3.15. The monoisotopic (exact) mass is 248 g/mol. The summed E-state index contributed by atoms with van der Waals surface area (Å²) in [5.74, 6) is 0.462. The molecule has 0 saturated carbocycles. The molecule has 0 saturated heterocycles. The Morgan fingerprint density at radius 1 is 1.28 bits per heavy atom. The quantitative estimate of drug-likeness (QED) is 0.694. The fourth-order valence-electron chi connectivity index (χ4n) is 2.02. The summed E-state index contributed by atoms with van der Waals surface area (Å²) < 4.78 is 0. The zero-order valence-corrected chi connectivity index (χ0v) is 11.2. The number of benzene rings is 1. The van der Waals surface area contributed by atoms with Crippen LogP contribution in [0.4, 0.5) is 0 Å². The van der Waals surface area contributed by atoms with Gasteiger partial charge >= 0.3 is 0 Å². The molecule has 0 radical (unpaired) electrons. The maximum absolute atomic E-state index is 11.8. The highest BCUT2D eigenvalue weighted by atomic mass is 16.1. The van der Waals surface area contributed by atoms with Gasteiger partial charge in [0.25, 0.3) is 0 Å². The number of amides is 1. The van der Waals surface area contributed by atoms with Crippen molar-refractivity contribution >= 4 is 5.91 Å². The molecule has 3 N–H and O–H groups in total. The van der Waals surface area contributed by atoms with Crippen LogP contribution in [0, 0.1) is 0 Å². The van der Waals surface area contributed by atoms with Crippen LogP contribution in [-0.4, -0.2) is 19.0 Å². The van der Waals surface area contributed by atoms with Gasteiger partial charge in [-0.15, -0.1) is 0 Å². The molecule has 1 atom stereocenters. The van der Waals surface area contributed by atoms with Crippen molar-refractivity contribution in [2.45, 2.75) is 38.5 Å². The van der Waals surface area contributed by atoms with Crippen molar-refractivity contribution in [1.82, 2.24) is 5.32 Å². The van der Waals surface area contributed by atoms with E-state index in [0.717, 1.165) is 25.8 Å². The molecule has 0 bridgehead atoms. The molecule has 1 unspecified atom stereocenters. The molecule has 1 aromatic carbocycles. The minimum atomic E-state index is 0.141. The van der Waals surface area contributed by atoms with Gasteiger partial charge in [-0.05, 0) is 37.3 Å². The van der Waals surface area contributed by atoms with Crippen molar-refractivity contribution in [3.63, 3.8) is 0 Å². The largest absolute Gasteiger partial charge is 0.356 e. The summed E-state index contributed by atoms with van der Waals surface area (Å²) in [7, 11) is 0. The summed E-state index contributed by atoms with van der Waals surface area (Å²) in [4.78, 5) is 11.8. The van der Waals surface area contributed by atoms with Crippen LogP contribution in [-0.2, 0) is 4.79 Å². The van der Waals surface area contributed by atoms with E-state index in [1.165, 1.54) is 5.56 Å². The van der Waals surface area contributed by atoms with E-state index in [-0.39, 0.29) is 5.91 Å². The Kier molecular flexibility index (Phi) is 7.11. The Hall–Kier alpha value is -1.35. The summed E-state index contributed by atoms with van der Waals surface area (Å²) in [6.07, 6.45) is 3.49. The van der Waals surface area contributed by atoms with Crippen LogP contribution in [0.2, 0.25) is 0 Å². The summed E-state index contributed by atoms with van der Waals surface area (Å²) in [5.41, 5.74) is 6.66. The second kappa shape index (κ2) is 8.70. The maximum atomic E-state index is 11.8. The number of carbonyl (C=O) groups excluding carboxylic acids is 1. The van der Waals surface area contributed by atoms with Crippen LogP contribution >= 0.6 is 0 Å². The Labute approximate surface area is 110 Å². The molecule has 100 valence electrons. The molecule has 1 amide bonds. The van der Waals surface area contributed by atoms with E-state index in [1.54, 1.807) is 0 Å². The second-order valence-corrected chi connectivity index (χ2v) is 4.57. The van der Waals surface area contributed by atoms with Crippen molar-refractivity contribution in [2.24, 2.45) is 5.73 Å². The highest BCUT2D eigenvalue weighted by Gasteiger charge is 2.13. The number of hydrogen-bond acceptors (Lipinski definition) is 2. The molecule has 0 aliphatic carbocycles. The molecular formula is C15H24N2O. The van der Waals surface area contributed by atoms with Crippen LogP contribution in [0.5, 0.6) is 0 Å². The van der Waals surface area contributed by atoms with Gasteiger partial charge in [-0.3, -0.25) is 4.79 Å². The average molecular weight is 248 g/mol. The van der Waals surface area contributed by atoms with Crippen molar-refractivity contribution < 1.29 is 4.79 Å². The van der Waals surface area contributed by atoms with Gasteiger partial charge in [0.2, 0.25) is 5.91 Å². The van der Waals surface area contributed by atoms with Crippen molar-refractivity contribution in [3.05, 3.63) is 35.9 Å². The first-order chi connectivity index (χ1) is 8.77. The minimum Gasteiger partial charge on any atom is -0.356 e. The van der Waals surface area contributed by atoms with Crippen LogP contribution < -0.4 is 11.1 Å². The predicted molar refractivity (Wildman–Crippen MR) is 75.4 cm³/mol. The Balaban J connectivity index is 2.37. The number of carbonyl (C=O) groups is 1. The number of rotatable bonds is 8. The van der Waals surface area contributed by atoms with Gasteiger partial charge < -0.3 is 11.1 Å². The van der Waals surface area contributed by atoms with Gasteiger partial charge in [0.05, 0.1) is 0 Å². The number of nitrogens with one attached hydrogen (secondary N) is 1. The molecule has 0 aromatic heterocycles. The van der Waals surface area contributed by atoms with E-state index < -0.39 is 0 Å². The van der Waals surface area contributed by atoms with E-state index >= 15 is 0 Å². The predicted octanol–water partition coefficient (Wildman–Crippen LogP) is 2.43. The van der Waals surface area contributed by atoms with Crippen LogP contribution in [0.25, 0.3) is 0 Å². The molecular weight excluding hydrogens is 224 g/mol. The minimum absolute atomic E-state index is 0.141. The summed E-state index contributed by atoms with van der Waals surface area (Å²) in [6, 6.07) is 10.2. The maximum Gasteiger partial charge on any atom is 0.220 e.